The highest BCUT2D eigenvalue weighted by atomic mass is 32.2. The lowest BCUT2D eigenvalue weighted by Crippen LogP contribution is -2.39. The monoisotopic (exact) mass is 306 g/mol. The maximum Gasteiger partial charge on any atom is 0.251 e. The third kappa shape index (κ3) is 4.49. The maximum absolute atomic E-state index is 12.2. The fraction of sp³-hybridized carbons (Fsp3) is 0.500. The maximum atomic E-state index is 12.2. The van der Waals surface area contributed by atoms with Crippen LogP contribution in [-0.4, -0.2) is 28.9 Å². The average molecular weight is 306 g/mol. The molecular formula is C16H22N2O2S. The SMILES string of the molecule is CCSC1CCCC(NC(=O)c2ccc(C(N)=O)cc2)C1. The second-order valence-corrected chi connectivity index (χ2v) is 6.93. The summed E-state index contributed by atoms with van der Waals surface area (Å²) in [5, 5.41) is 3.76. The quantitative estimate of drug-likeness (QED) is 0.878. The highest BCUT2D eigenvalue weighted by molar-refractivity contribution is 7.99. The third-order valence-corrected chi connectivity index (χ3v) is 5.03. The number of hydrogen-bond acceptors (Lipinski definition) is 3. The molecule has 1 aliphatic rings. The van der Waals surface area contributed by atoms with Crippen LogP contribution in [0.4, 0.5) is 0 Å². The molecule has 2 rings (SSSR count). The number of hydrogen-bond donors (Lipinski definition) is 2. The van der Waals surface area contributed by atoms with Gasteiger partial charge in [0, 0.05) is 22.4 Å². The van der Waals surface area contributed by atoms with Crippen LogP contribution in [0.3, 0.4) is 0 Å². The summed E-state index contributed by atoms with van der Waals surface area (Å²) in [7, 11) is 0. The molecule has 4 nitrogen and oxygen atoms in total. The first-order valence-electron chi connectivity index (χ1n) is 7.42. The van der Waals surface area contributed by atoms with E-state index in [0.29, 0.717) is 16.4 Å². The van der Waals surface area contributed by atoms with Crippen LogP contribution in [0.5, 0.6) is 0 Å². The summed E-state index contributed by atoms with van der Waals surface area (Å²) in [5.41, 5.74) is 6.19. The Morgan fingerprint density at radius 1 is 1.24 bits per heavy atom. The predicted octanol–water partition coefficient (Wildman–Crippen LogP) is 2.58. The van der Waals surface area contributed by atoms with Gasteiger partial charge in [-0.1, -0.05) is 13.3 Å². The Balaban J connectivity index is 1.92. The number of benzene rings is 1. The summed E-state index contributed by atoms with van der Waals surface area (Å²) in [6.45, 7) is 2.17. The predicted molar refractivity (Wildman–Crippen MR) is 86.6 cm³/mol. The van der Waals surface area contributed by atoms with Gasteiger partial charge in [0.25, 0.3) is 5.91 Å². The minimum atomic E-state index is -0.478. The van der Waals surface area contributed by atoms with Crippen molar-refractivity contribution in [3.8, 4) is 0 Å². The lowest BCUT2D eigenvalue weighted by molar-refractivity contribution is 0.0926. The highest BCUT2D eigenvalue weighted by Crippen LogP contribution is 2.28. The zero-order valence-electron chi connectivity index (χ0n) is 12.3. The molecule has 0 aromatic heterocycles. The van der Waals surface area contributed by atoms with Crippen LogP contribution in [0.1, 0.15) is 53.3 Å². The Morgan fingerprint density at radius 3 is 2.52 bits per heavy atom. The second kappa shape index (κ2) is 7.50. The van der Waals surface area contributed by atoms with Crippen LogP contribution >= 0.6 is 11.8 Å². The van der Waals surface area contributed by atoms with Crippen molar-refractivity contribution in [3.05, 3.63) is 35.4 Å². The Kier molecular flexibility index (Phi) is 5.67. The van der Waals surface area contributed by atoms with Gasteiger partial charge in [0.2, 0.25) is 5.91 Å². The van der Waals surface area contributed by atoms with Gasteiger partial charge in [-0.05, 0) is 49.3 Å². The second-order valence-electron chi connectivity index (χ2n) is 5.36. The van der Waals surface area contributed by atoms with Gasteiger partial charge in [0.05, 0.1) is 0 Å². The molecule has 0 bridgehead atoms. The first-order valence-corrected chi connectivity index (χ1v) is 8.47. The van der Waals surface area contributed by atoms with E-state index >= 15 is 0 Å². The summed E-state index contributed by atoms with van der Waals surface area (Å²) in [4.78, 5) is 23.2. The molecule has 1 aromatic rings. The molecule has 114 valence electrons. The largest absolute Gasteiger partial charge is 0.366 e. The van der Waals surface area contributed by atoms with Crippen molar-refractivity contribution < 1.29 is 9.59 Å². The first kappa shape index (κ1) is 15.9. The van der Waals surface area contributed by atoms with E-state index in [1.807, 2.05) is 11.8 Å². The number of nitrogens with two attached hydrogens (primary N) is 1. The summed E-state index contributed by atoms with van der Waals surface area (Å²) < 4.78 is 0. The van der Waals surface area contributed by atoms with Gasteiger partial charge in [-0.25, -0.2) is 0 Å². The van der Waals surface area contributed by atoms with Crippen LogP contribution in [0.25, 0.3) is 0 Å². The molecule has 0 spiro atoms. The Morgan fingerprint density at radius 2 is 1.90 bits per heavy atom. The molecule has 0 aliphatic heterocycles. The summed E-state index contributed by atoms with van der Waals surface area (Å²) in [6, 6.07) is 6.74. The summed E-state index contributed by atoms with van der Waals surface area (Å²) in [6.07, 6.45) is 4.51. The van der Waals surface area contributed by atoms with Crippen molar-refractivity contribution in [1.29, 1.82) is 0 Å². The van der Waals surface area contributed by atoms with Crippen molar-refractivity contribution in [1.82, 2.24) is 5.32 Å². The number of rotatable bonds is 5. The van der Waals surface area contributed by atoms with Gasteiger partial charge in [0.15, 0.2) is 0 Å². The van der Waals surface area contributed by atoms with E-state index in [1.54, 1.807) is 24.3 Å². The normalized spacial score (nSPS) is 21.8. The van der Waals surface area contributed by atoms with Gasteiger partial charge >= 0.3 is 0 Å². The van der Waals surface area contributed by atoms with Crippen LogP contribution < -0.4 is 11.1 Å². The summed E-state index contributed by atoms with van der Waals surface area (Å²) >= 11 is 1.98. The van der Waals surface area contributed by atoms with Crippen molar-refractivity contribution >= 4 is 23.6 Å². The number of amides is 2. The molecule has 0 saturated heterocycles. The fourth-order valence-electron chi connectivity index (χ4n) is 2.72. The topological polar surface area (TPSA) is 72.2 Å². The van der Waals surface area contributed by atoms with Gasteiger partial charge in [-0.2, -0.15) is 11.8 Å². The van der Waals surface area contributed by atoms with E-state index in [-0.39, 0.29) is 11.9 Å². The van der Waals surface area contributed by atoms with Gasteiger partial charge < -0.3 is 11.1 Å². The molecule has 1 aromatic carbocycles. The molecule has 2 amide bonds. The fourth-order valence-corrected chi connectivity index (χ4v) is 3.89. The van der Waals surface area contributed by atoms with Crippen LogP contribution in [0.15, 0.2) is 24.3 Å². The number of primary amides is 1. The zero-order valence-corrected chi connectivity index (χ0v) is 13.1. The average Bonchev–Trinajstić information content (AvgIpc) is 2.48. The molecular weight excluding hydrogens is 284 g/mol. The molecule has 2 unspecified atom stereocenters. The molecule has 1 saturated carbocycles. The molecule has 1 fully saturated rings. The molecule has 1 aliphatic carbocycles. The smallest absolute Gasteiger partial charge is 0.251 e. The van der Waals surface area contributed by atoms with E-state index in [4.69, 9.17) is 5.73 Å². The van der Waals surface area contributed by atoms with Gasteiger partial charge in [0.1, 0.15) is 0 Å². The Hall–Kier alpha value is -1.49. The van der Waals surface area contributed by atoms with Crippen LogP contribution in [-0.2, 0) is 0 Å². The highest BCUT2D eigenvalue weighted by Gasteiger charge is 2.23. The molecule has 0 heterocycles. The molecule has 3 N–H and O–H groups in total. The van der Waals surface area contributed by atoms with Crippen molar-refractivity contribution in [2.45, 2.75) is 43.9 Å². The molecule has 21 heavy (non-hydrogen) atoms. The van der Waals surface area contributed by atoms with Crippen LogP contribution in [0.2, 0.25) is 0 Å². The molecule has 0 radical (unpaired) electrons. The van der Waals surface area contributed by atoms with Crippen molar-refractivity contribution in [2.75, 3.05) is 5.75 Å². The zero-order chi connectivity index (χ0) is 15.2. The number of carbonyl (C=O) groups excluding carboxylic acids is 2. The first-order chi connectivity index (χ1) is 10.1. The minimum Gasteiger partial charge on any atom is -0.366 e. The van der Waals surface area contributed by atoms with E-state index in [1.165, 1.54) is 12.8 Å². The number of thioether (sulfide) groups is 1. The van der Waals surface area contributed by atoms with Crippen molar-refractivity contribution in [3.63, 3.8) is 0 Å². The van der Waals surface area contributed by atoms with Gasteiger partial charge in [-0.15, -0.1) is 0 Å². The lowest BCUT2D eigenvalue weighted by atomic mass is 9.94. The number of carbonyl (C=O) groups is 2. The number of nitrogens with one attached hydrogen (secondary N) is 1. The standard InChI is InChI=1S/C16H22N2O2S/c1-2-21-14-5-3-4-13(10-14)18-16(20)12-8-6-11(7-9-12)15(17)19/h6-9,13-14H,2-5,10H2,1H3,(H2,17,19)(H,18,20). The van der Waals surface area contributed by atoms with E-state index < -0.39 is 5.91 Å². The molecule has 5 heteroatoms. The Bertz CT molecular complexity index is 500. The minimum absolute atomic E-state index is 0.0711. The van der Waals surface area contributed by atoms with Crippen molar-refractivity contribution in [2.24, 2.45) is 5.73 Å². The van der Waals surface area contributed by atoms with E-state index in [9.17, 15) is 9.59 Å². The Labute approximate surface area is 129 Å². The van der Waals surface area contributed by atoms with Gasteiger partial charge in [-0.3, -0.25) is 9.59 Å². The van der Waals surface area contributed by atoms with E-state index in [0.717, 1.165) is 18.6 Å². The van der Waals surface area contributed by atoms with E-state index in [2.05, 4.69) is 12.2 Å². The third-order valence-electron chi connectivity index (χ3n) is 3.80. The lowest BCUT2D eigenvalue weighted by Gasteiger charge is -2.29. The summed E-state index contributed by atoms with van der Waals surface area (Å²) in [5.74, 6) is 0.576. The van der Waals surface area contributed by atoms with Crippen LogP contribution in [0, 0.1) is 0 Å². The molecule has 2 atom stereocenters.